The van der Waals surface area contributed by atoms with Gasteiger partial charge in [0.2, 0.25) is 0 Å². The van der Waals surface area contributed by atoms with Crippen molar-refractivity contribution < 1.29 is 19.4 Å². The van der Waals surface area contributed by atoms with Crippen LogP contribution in [0.2, 0.25) is 0 Å². The summed E-state index contributed by atoms with van der Waals surface area (Å²) in [6.45, 7) is 2.01. The van der Waals surface area contributed by atoms with Crippen molar-refractivity contribution in [1.82, 2.24) is 14.9 Å². The van der Waals surface area contributed by atoms with Gasteiger partial charge in [0.1, 0.15) is 5.75 Å². The van der Waals surface area contributed by atoms with Crippen LogP contribution in [0.25, 0.3) is 10.9 Å². The van der Waals surface area contributed by atoms with E-state index in [2.05, 4.69) is 10.3 Å². The number of ether oxygens (including phenoxy) is 1. The minimum absolute atomic E-state index is 0.117. The maximum Gasteiger partial charge on any atom is 0.329 e. The van der Waals surface area contributed by atoms with Gasteiger partial charge in [0.25, 0.3) is 11.5 Å². The van der Waals surface area contributed by atoms with Gasteiger partial charge in [-0.15, -0.1) is 0 Å². The zero-order valence-corrected chi connectivity index (χ0v) is 19.8. The molecule has 0 aliphatic heterocycles. The van der Waals surface area contributed by atoms with Crippen molar-refractivity contribution in [2.75, 3.05) is 7.11 Å². The van der Waals surface area contributed by atoms with Gasteiger partial charge in [-0.2, -0.15) is 0 Å². The van der Waals surface area contributed by atoms with Crippen LogP contribution in [-0.2, 0) is 17.8 Å². The fourth-order valence-electron chi connectivity index (χ4n) is 3.99. The Balaban J connectivity index is 1.60. The number of rotatable bonds is 8. The summed E-state index contributed by atoms with van der Waals surface area (Å²) in [7, 11) is 1.58. The summed E-state index contributed by atoms with van der Waals surface area (Å²) in [6.07, 6.45) is -0.117. The Bertz CT molecular complexity index is 1540. The molecule has 184 valence electrons. The number of aromatic nitrogens is 2. The number of aliphatic carboxylic acids is 1. The van der Waals surface area contributed by atoms with E-state index in [4.69, 9.17) is 9.84 Å². The molecule has 0 saturated carbocycles. The van der Waals surface area contributed by atoms with E-state index < -0.39 is 23.3 Å². The molecule has 1 atom stereocenters. The van der Waals surface area contributed by atoms with Crippen molar-refractivity contribution in [1.29, 1.82) is 0 Å². The number of benzene rings is 3. The average molecular weight is 488 g/mol. The van der Waals surface area contributed by atoms with E-state index in [0.29, 0.717) is 23.2 Å². The van der Waals surface area contributed by atoms with E-state index in [0.717, 1.165) is 15.9 Å². The number of aromatic amines is 1. The molecule has 1 amide bonds. The maximum absolute atomic E-state index is 13.3. The zero-order chi connectivity index (χ0) is 25.8. The molecule has 9 nitrogen and oxygen atoms in total. The van der Waals surface area contributed by atoms with Crippen LogP contribution >= 0.6 is 0 Å². The highest BCUT2D eigenvalue weighted by molar-refractivity contribution is 5.97. The van der Waals surface area contributed by atoms with Crippen LogP contribution in [0.15, 0.2) is 76.3 Å². The molecule has 0 fully saturated rings. The van der Waals surface area contributed by atoms with Crippen LogP contribution in [0.5, 0.6) is 5.75 Å². The predicted octanol–water partition coefficient (Wildman–Crippen LogP) is 2.86. The molecule has 1 heterocycles. The van der Waals surface area contributed by atoms with Gasteiger partial charge in [0, 0.05) is 12.1 Å². The largest absolute Gasteiger partial charge is 0.497 e. The smallest absolute Gasteiger partial charge is 0.329 e. The lowest BCUT2D eigenvalue weighted by molar-refractivity contribution is -0.136. The monoisotopic (exact) mass is 487 g/mol. The number of H-pyrrole nitrogens is 1. The van der Waals surface area contributed by atoms with Gasteiger partial charge in [0.05, 0.1) is 30.5 Å². The Morgan fingerprint density at radius 2 is 1.67 bits per heavy atom. The first-order valence-corrected chi connectivity index (χ1v) is 11.3. The second kappa shape index (κ2) is 10.3. The van der Waals surface area contributed by atoms with Crippen LogP contribution in [0.3, 0.4) is 0 Å². The highest BCUT2D eigenvalue weighted by Gasteiger charge is 2.17. The van der Waals surface area contributed by atoms with E-state index >= 15 is 0 Å². The molecular weight excluding hydrogens is 462 g/mol. The van der Waals surface area contributed by atoms with Crippen LogP contribution in [0.1, 0.15) is 40.0 Å². The number of carboxylic acid groups (broad SMARTS) is 1. The molecule has 1 unspecified atom stereocenters. The summed E-state index contributed by atoms with van der Waals surface area (Å²) in [4.78, 5) is 52.4. The topological polar surface area (TPSA) is 130 Å². The first-order chi connectivity index (χ1) is 17.3. The van der Waals surface area contributed by atoms with Gasteiger partial charge in [-0.3, -0.25) is 19.0 Å². The van der Waals surface area contributed by atoms with Gasteiger partial charge < -0.3 is 20.1 Å². The molecule has 0 bridgehead atoms. The third-order valence-electron chi connectivity index (χ3n) is 6.01. The first-order valence-electron chi connectivity index (χ1n) is 11.3. The lowest BCUT2D eigenvalue weighted by Crippen LogP contribution is -2.37. The number of hydrogen-bond acceptors (Lipinski definition) is 5. The molecule has 0 spiro atoms. The Hall–Kier alpha value is -4.66. The van der Waals surface area contributed by atoms with Crippen LogP contribution in [-0.4, -0.2) is 33.6 Å². The Morgan fingerprint density at radius 3 is 2.31 bits per heavy atom. The predicted molar refractivity (Wildman–Crippen MR) is 135 cm³/mol. The highest BCUT2D eigenvalue weighted by atomic mass is 16.5. The normalized spacial score (nSPS) is 11.7. The average Bonchev–Trinajstić information content (AvgIpc) is 2.87. The van der Waals surface area contributed by atoms with Crippen molar-refractivity contribution in [2.24, 2.45) is 0 Å². The molecule has 0 aliphatic rings. The molecule has 4 rings (SSSR count). The third-order valence-corrected chi connectivity index (χ3v) is 6.01. The molecule has 0 aliphatic carbocycles. The van der Waals surface area contributed by atoms with Crippen LogP contribution < -0.4 is 21.3 Å². The summed E-state index contributed by atoms with van der Waals surface area (Å²) < 4.78 is 6.22. The molecular formula is C27H25N3O6. The zero-order valence-electron chi connectivity index (χ0n) is 19.8. The van der Waals surface area contributed by atoms with Gasteiger partial charge >= 0.3 is 11.7 Å². The lowest BCUT2D eigenvalue weighted by atomic mass is 10.0. The summed E-state index contributed by atoms with van der Waals surface area (Å²) in [6, 6.07) is 18.0. The Labute approximate surface area is 206 Å². The number of carboxylic acids is 1. The minimum atomic E-state index is -0.943. The van der Waals surface area contributed by atoms with Gasteiger partial charge in [-0.25, -0.2) is 4.79 Å². The quantitative estimate of drug-likeness (QED) is 0.350. The Morgan fingerprint density at radius 1 is 1.00 bits per heavy atom. The molecule has 0 radical (unpaired) electrons. The summed E-state index contributed by atoms with van der Waals surface area (Å²) in [5.74, 6) is -0.580. The molecule has 36 heavy (non-hydrogen) atoms. The number of fused-ring (bicyclic) bond motifs is 1. The Kier molecular flexibility index (Phi) is 7.00. The van der Waals surface area contributed by atoms with Crippen molar-refractivity contribution in [3.8, 4) is 5.75 Å². The van der Waals surface area contributed by atoms with E-state index in [1.807, 2.05) is 12.1 Å². The number of nitrogens with zero attached hydrogens (tertiary/aromatic N) is 1. The van der Waals surface area contributed by atoms with Crippen molar-refractivity contribution in [3.05, 3.63) is 110 Å². The van der Waals surface area contributed by atoms with Gasteiger partial charge in [-0.05, 0) is 53.9 Å². The molecule has 9 heteroatoms. The number of amides is 1. The van der Waals surface area contributed by atoms with E-state index in [1.165, 1.54) is 12.1 Å². The van der Waals surface area contributed by atoms with Crippen molar-refractivity contribution in [2.45, 2.75) is 25.9 Å². The molecule has 4 aromatic rings. The highest BCUT2D eigenvalue weighted by Crippen LogP contribution is 2.18. The maximum atomic E-state index is 13.3. The molecule has 0 saturated heterocycles. The molecule has 1 aromatic heterocycles. The standard InChI is InChI=1S/C27H25N3O6/c1-16(19-7-3-17(4-8-19)13-24(31)32)30-26(34)22-14-20(9-12-23(22)29-27(30)35)25(33)28-15-18-5-10-21(36-2)11-6-18/h3-12,14,16H,13,15H2,1-2H3,(H,28,33)(H,29,35)(H,31,32). The summed E-state index contributed by atoms with van der Waals surface area (Å²) >= 11 is 0. The molecule has 3 aromatic carbocycles. The fraction of sp³-hybridized carbons (Fsp3) is 0.185. The van der Waals surface area contributed by atoms with Crippen molar-refractivity contribution >= 4 is 22.8 Å². The fourth-order valence-corrected chi connectivity index (χ4v) is 3.99. The third kappa shape index (κ3) is 5.20. The number of carbonyl (C=O) groups is 2. The lowest BCUT2D eigenvalue weighted by Gasteiger charge is -2.16. The molecule has 3 N–H and O–H groups in total. The first kappa shape index (κ1) is 24.5. The number of hydrogen-bond donors (Lipinski definition) is 3. The number of nitrogens with one attached hydrogen (secondary N) is 2. The second-order valence-corrected chi connectivity index (χ2v) is 8.38. The van der Waals surface area contributed by atoms with Gasteiger partial charge in [-0.1, -0.05) is 36.4 Å². The van der Waals surface area contributed by atoms with E-state index in [-0.39, 0.29) is 23.3 Å². The van der Waals surface area contributed by atoms with E-state index in [9.17, 15) is 19.2 Å². The summed E-state index contributed by atoms with van der Waals surface area (Å²) in [5, 5.41) is 12.0. The minimum Gasteiger partial charge on any atom is -0.497 e. The van der Waals surface area contributed by atoms with Gasteiger partial charge in [0.15, 0.2) is 0 Å². The van der Waals surface area contributed by atoms with E-state index in [1.54, 1.807) is 56.5 Å². The van der Waals surface area contributed by atoms with Crippen LogP contribution in [0, 0.1) is 0 Å². The number of carbonyl (C=O) groups excluding carboxylic acids is 1. The summed E-state index contributed by atoms with van der Waals surface area (Å²) in [5.41, 5.74) is 1.69. The number of methoxy groups -OCH3 is 1. The van der Waals surface area contributed by atoms with Crippen LogP contribution in [0.4, 0.5) is 0 Å². The second-order valence-electron chi connectivity index (χ2n) is 8.38. The SMILES string of the molecule is COc1ccc(CNC(=O)c2ccc3[nH]c(=O)n(C(C)c4ccc(CC(=O)O)cc4)c(=O)c3c2)cc1. The van der Waals surface area contributed by atoms with Crippen molar-refractivity contribution in [3.63, 3.8) is 0 Å².